The summed E-state index contributed by atoms with van der Waals surface area (Å²) in [7, 11) is 0. The van der Waals surface area contributed by atoms with Gasteiger partial charge in [0.25, 0.3) is 0 Å². The van der Waals surface area contributed by atoms with Gasteiger partial charge < -0.3 is 10.6 Å². The zero-order chi connectivity index (χ0) is 10.6. The van der Waals surface area contributed by atoms with Crippen LogP contribution in [0.5, 0.6) is 0 Å². The van der Waals surface area contributed by atoms with Crippen LogP contribution in [0.4, 0.5) is 0 Å². The molecule has 1 aliphatic heterocycles. The molecule has 14 heavy (non-hydrogen) atoms. The van der Waals surface area contributed by atoms with E-state index >= 15 is 0 Å². The van der Waals surface area contributed by atoms with Crippen LogP contribution in [0.3, 0.4) is 0 Å². The first kappa shape index (κ1) is 12.0. The monoisotopic (exact) mass is 198 g/mol. The first-order valence-corrected chi connectivity index (χ1v) is 6.00. The fourth-order valence-electron chi connectivity index (χ4n) is 2.44. The van der Waals surface area contributed by atoms with Gasteiger partial charge in [-0.15, -0.1) is 0 Å². The Balaban J connectivity index is 2.30. The minimum atomic E-state index is 0.533. The van der Waals surface area contributed by atoms with Gasteiger partial charge in [0, 0.05) is 13.1 Å². The Kier molecular flexibility index (Phi) is 4.39. The number of hydrogen-bond acceptors (Lipinski definition) is 2. The Bertz CT molecular complexity index is 166. The van der Waals surface area contributed by atoms with E-state index < -0.39 is 0 Å². The molecule has 1 rings (SSSR count). The van der Waals surface area contributed by atoms with Gasteiger partial charge in [0.1, 0.15) is 0 Å². The second-order valence-electron chi connectivity index (χ2n) is 5.54. The van der Waals surface area contributed by atoms with Gasteiger partial charge in [0.2, 0.25) is 0 Å². The van der Waals surface area contributed by atoms with Crippen molar-refractivity contribution in [3.05, 3.63) is 0 Å². The molecule has 2 N–H and O–H groups in total. The minimum Gasteiger partial charge on any atom is -0.330 e. The van der Waals surface area contributed by atoms with E-state index in [0.717, 1.165) is 6.54 Å². The first-order chi connectivity index (χ1) is 6.57. The largest absolute Gasteiger partial charge is 0.330 e. The molecule has 2 nitrogen and oxygen atoms in total. The molecular formula is C12H26N2. The van der Waals surface area contributed by atoms with Crippen LogP contribution in [0.1, 0.15) is 40.0 Å². The van der Waals surface area contributed by atoms with Gasteiger partial charge in [-0.1, -0.05) is 27.2 Å². The lowest BCUT2D eigenvalue weighted by Gasteiger charge is -2.24. The van der Waals surface area contributed by atoms with Crippen molar-refractivity contribution < 1.29 is 0 Å². The Morgan fingerprint density at radius 1 is 1.43 bits per heavy atom. The lowest BCUT2D eigenvalue weighted by Crippen LogP contribution is -2.32. The number of likely N-dealkylation sites (tertiary alicyclic amines) is 1. The quantitative estimate of drug-likeness (QED) is 0.733. The van der Waals surface area contributed by atoms with Gasteiger partial charge in [-0.2, -0.15) is 0 Å². The van der Waals surface area contributed by atoms with Crippen LogP contribution in [0.25, 0.3) is 0 Å². The molecule has 0 aromatic carbocycles. The summed E-state index contributed by atoms with van der Waals surface area (Å²) in [6.45, 7) is 11.6. The highest BCUT2D eigenvalue weighted by Gasteiger charge is 2.29. The normalized spacial score (nSPS) is 24.0. The molecule has 2 heteroatoms. The van der Waals surface area contributed by atoms with Crippen molar-refractivity contribution in [1.29, 1.82) is 0 Å². The molecular weight excluding hydrogens is 172 g/mol. The zero-order valence-corrected chi connectivity index (χ0v) is 10.1. The van der Waals surface area contributed by atoms with E-state index in [0.29, 0.717) is 11.3 Å². The standard InChI is InChI=1S/C12H26N2/c1-4-5-11(8-13)9-14-7-6-12(2,3)10-14/h11H,4-10,13H2,1-3H3. The van der Waals surface area contributed by atoms with E-state index in [1.807, 2.05) is 0 Å². The molecule has 1 heterocycles. The van der Waals surface area contributed by atoms with Crippen LogP contribution >= 0.6 is 0 Å². The molecule has 1 saturated heterocycles. The Morgan fingerprint density at radius 2 is 2.14 bits per heavy atom. The first-order valence-electron chi connectivity index (χ1n) is 6.00. The summed E-state index contributed by atoms with van der Waals surface area (Å²) in [6.07, 6.45) is 3.89. The molecule has 1 atom stereocenters. The van der Waals surface area contributed by atoms with Gasteiger partial charge in [-0.25, -0.2) is 0 Å². The highest BCUT2D eigenvalue weighted by Crippen LogP contribution is 2.29. The smallest absolute Gasteiger partial charge is 0.00333 e. The van der Waals surface area contributed by atoms with Crippen LogP contribution < -0.4 is 5.73 Å². The Labute approximate surface area is 88.8 Å². The molecule has 0 aromatic rings. The van der Waals surface area contributed by atoms with E-state index in [9.17, 15) is 0 Å². The number of nitrogens with zero attached hydrogens (tertiary/aromatic N) is 1. The number of hydrogen-bond donors (Lipinski definition) is 1. The summed E-state index contributed by atoms with van der Waals surface area (Å²) < 4.78 is 0. The lowest BCUT2D eigenvalue weighted by atomic mass is 9.93. The maximum atomic E-state index is 5.78. The van der Waals surface area contributed by atoms with E-state index in [-0.39, 0.29) is 0 Å². The average molecular weight is 198 g/mol. The lowest BCUT2D eigenvalue weighted by molar-refractivity contribution is 0.244. The highest BCUT2D eigenvalue weighted by atomic mass is 15.2. The van der Waals surface area contributed by atoms with Crippen molar-refractivity contribution in [2.45, 2.75) is 40.0 Å². The number of nitrogens with two attached hydrogens (primary N) is 1. The van der Waals surface area contributed by atoms with Crippen LogP contribution in [0, 0.1) is 11.3 Å². The molecule has 0 saturated carbocycles. The fourth-order valence-corrected chi connectivity index (χ4v) is 2.44. The summed E-state index contributed by atoms with van der Waals surface area (Å²) in [5, 5.41) is 0. The highest BCUT2D eigenvalue weighted by molar-refractivity contribution is 4.83. The predicted octanol–water partition coefficient (Wildman–Crippen LogP) is 2.09. The summed E-state index contributed by atoms with van der Waals surface area (Å²) >= 11 is 0. The molecule has 0 amide bonds. The third-order valence-electron chi connectivity index (χ3n) is 3.30. The van der Waals surface area contributed by atoms with Gasteiger partial charge in [0.15, 0.2) is 0 Å². The molecule has 1 aliphatic rings. The van der Waals surface area contributed by atoms with Crippen LogP contribution in [-0.4, -0.2) is 31.1 Å². The van der Waals surface area contributed by atoms with Gasteiger partial charge in [-0.3, -0.25) is 0 Å². The second-order valence-corrected chi connectivity index (χ2v) is 5.54. The van der Waals surface area contributed by atoms with Crippen LogP contribution in [0.2, 0.25) is 0 Å². The Morgan fingerprint density at radius 3 is 2.57 bits per heavy atom. The summed E-state index contributed by atoms with van der Waals surface area (Å²) in [6, 6.07) is 0. The van der Waals surface area contributed by atoms with Crippen molar-refractivity contribution in [3.63, 3.8) is 0 Å². The average Bonchev–Trinajstić information content (AvgIpc) is 2.45. The van der Waals surface area contributed by atoms with Gasteiger partial charge in [-0.05, 0) is 37.3 Å². The number of rotatable bonds is 5. The van der Waals surface area contributed by atoms with Crippen molar-refractivity contribution in [2.75, 3.05) is 26.2 Å². The van der Waals surface area contributed by atoms with Crippen molar-refractivity contribution in [1.82, 2.24) is 4.90 Å². The maximum Gasteiger partial charge on any atom is 0.00333 e. The van der Waals surface area contributed by atoms with E-state index in [1.165, 1.54) is 38.9 Å². The molecule has 84 valence electrons. The topological polar surface area (TPSA) is 29.3 Å². The SMILES string of the molecule is CCCC(CN)CN1CCC(C)(C)C1. The summed E-state index contributed by atoms with van der Waals surface area (Å²) in [4.78, 5) is 2.59. The second kappa shape index (κ2) is 5.13. The van der Waals surface area contributed by atoms with Crippen LogP contribution in [0.15, 0.2) is 0 Å². The molecule has 0 aromatic heterocycles. The van der Waals surface area contributed by atoms with E-state index in [2.05, 4.69) is 25.7 Å². The van der Waals surface area contributed by atoms with E-state index in [4.69, 9.17) is 5.73 Å². The molecule has 0 spiro atoms. The van der Waals surface area contributed by atoms with Crippen LogP contribution in [-0.2, 0) is 0 Å². The minimum absolute atomic E-state index is 0.533. The molecule has 0 radical (unpaired) electrons. The van der Waals surface area contributed by atoms with E-state index in [1.54, 1.807) is 0 Å². The van der Waals surface area contributed by atoms with Gasteiger partial charge >= 0.3 is 0 Å². The zero-order valence-electron chi connectivity index (χ0n) is 10.1. The predicted molar refractivity (Wildman–Crippen MR) is 62.3 cm³/mol. The summed E-state index contributed by atoms with van der Waals surface area (Å²) in [5.74, 6) is 0.717. The van der Waals surface area contributed by atoms with Crippen molar-refractivity contribution in [3.8, 4) is 0 Å². The Hall–Kier alpha value is -0.0800. The third-order valence-corrected chi connectivity index (χ3v) is 3.30. The molecule has 0 bridgehead atoms. The van der Waals surface area contributed by atoms with Gasteiger partial charge in [0.05, 0.1) is 0 Å². The third kappa shape index (κ3) is 3.58. The van der Waals surface area contributed by atoms with Crippen molar-refractivity contribution >= 4 is 0 Å². The molecule has 1 unspecified atom stereocenters. The molecule has 1 fully saturated rings. The van der Waals surface area contributed by atoms with Crippen molar-refractivity contribution in [2.24, 2.45) is 17.1 Å². The summed E-state index contributed by atoms with van der Waals surface area (Å²) in [5.41, 5.74) is 6.31. The fraction of sp³-hybridized carbons (Fsp3) is 1.00. The molecule has 0 aliphatic carbocycles. The maximum absolute atomic E-state index is 5.78.